The molecule has 2 aromatic carbocycles. The quantitative estimate of drug-likeness (QED) is 0.374. The maximum absolute atomic E-state index is 11.9. The van der Waals surface area contributed by atoms with Gasteiger partial charge in [0.2, 0.25) is 5.95 Å². The minimum Gasteiger partial charge on any atom is -0.445 e. The van der Waals surface area contributed by atoms with Crippen LogP contribution in [-0.2, 0) is 16.7 Å². The predicted octanol–water partition coefficient (Wildman–Crippen LogP) is 5.22. The van der Waals surface area contributed by atoms with Gasteiger partial charge in [0.25, 0.3) is 0 Å². The van der Waals surface area contributed by atoms with E-state index in [1.54, 1.807) is 6.20 Å². The molecule has 7 nitrogen and oxygen atoms in total. The summed E-state index contributed by atoms with van der Waals surface area (Å²) in [6.45, 7) is 7.58. The van der Waals surface area contributed by atoms with Crippen LogP contribution in [0.1, 0.15) is 25.0 Å². The molecule has 0 fully saturated rings. The Bertz CT molecular complexity index is 1100. The van der Waals surface area contributed by atoms with E-state index in [1.807, 2.05) is 62.4 Å². The van der Waals surface area contributed by atoms with Crippen molar-refractivity contribution in [1.82, 2.24) is 15.3 Å². The number of aliphatic hydroxyl groups excluding tert-OH is 1. The molecule has 1 heterocycles. The van der Waals surface area contributed by atoms with Gasteiger partial charge in [0.05, 0.1) is 22.5 Å². The molecular weight excluding hydrogens is 440 g/mol. The summed E-state index contributed by atoms with van der Waals surface area (Å²) in [6, 6.07) is 15.3. The first-order chi connectivity index (χ1) is 15.8. The van der Waals surface area contributed by atoms with E-state index in [-0.39, 0.29) is 13.2 Å². The molecule has 0 radical (unpaired) electrons. The molecule has 3 aromatic rings. The number of ether oxygens (including phenoxy) is 1. The van der Waals surface area contributed by atoms with E-state index in [2.05, 4.69) is 27.2 Å². The van der Waals surface area contributed by atoms with Crippen LogP contribution in [0.15, 0.2) is 67.4 Å². The summed E-state index contributed by atoms with van der Waals surface area (Å²) in [7, 11) is 0. The molecular formula is C25H27ClN4O3. The highest BCUT2D eigenvalue weighted by atomic mass is 35.5. The maximum Gasteiger partial charge on any atom is 0.408 e. The van der Waals surface area contributed by atoms with Crippen LogP contribution < -0.4 is 10.6 Å². The summed E-state index contributed by atoms with van der Waals surface area (Å²) >= 11 is 6.38. The van der Waals surface area contributed by atoms with Crippen molar-refractivity contribution in [3.8, 4) is 11.3 Å². The van der Waals surface area contributed by atoms with Crippen molar-refractivity contribution in [3.05, 3.63) is 83.5 Å². The lowest BCUT2D eigenvalue weighted by atomic mass is 9.93. The van der Waals surface area contributed by atoms with Crippen molar-refractivity contribution in [2.45, 2.75) is 25.8 Å². The highest BCUT2D eigenvalue weighted by Gasteiger charge is 2.23. The van der Waals surface area contributed by atoms with Crippen LogP contribution in [0, 0.1) is 0 Å². The fourth-order valence-corrected chi connectivity index (χ4v) is 3.39. The van der Waals surface area contributed by atoms with Gasteiger partial charge in [-0.15, -0.1) is 0 Å². The standard InChI is InChI=1S/C25H27ClN4O3/c1-4-15-33-24(32)30-25(2,3)19-9-7-18(8-10-19)22-21(26)16-27-23(29-22)28-20-11-5-17(6-12-20)13-14-31/h4-12,16,31H,1,13-15H2,2-3H3,(H,30,32)(H,27,28,29). The number of hydrogen-bond donors (Lipinski definition) is 3. The van der Waals surface area contributed by atoms with Crippen molar-refractivity contribution in [2.75, 3.05) is 18.5 Å². The molecule has 3 rings (SSSR count). The minimum atomic E-state index is -0.638. The second-order valence-electron chi connectivity index (χ2n) is 7.90. The molecule has 1 amide bonds. The molecule has 0 atom stereocenters. The molecule has 0 aliphatic carbocycles. The van der Waals surface area contributed by atoms with E-state index in [4.69, 9.17) is 21.4 Å². The number of amides is 1. The number of hydrogen-bond acceptors (Lipinski definition) is 6. The van der Waals surface area contributed by atoms with Crippen LogP contribution in [0.3, 0.4) is 0 Å². The first kappa shape index (κ1) is 24.2. The smallest absolute Gasteiger partial charge is 0.408 e. The van der Waals surface area contributed by atoms with Gasteiger partial charge >= 0.3 is 6.09 Å². The second-order valence-corrected chi connectivity index (χ2v) is 8.31. The van der Waals surface area contributed by atoms with Crippen LogP contribution in [0.5, 0.6) is 0 Å². The van der Waals surface area contributed by atoms with Gasteiger partial charge in [-0.25, -0.2) is 14.8 Å². The fraction of sp³-hybridized carbons (Fsp3) is 0.240. The van der Waals surface area contributed by atoms with Gasteiger partial charge in [-0.05, 0) is 43.5 Å². The lowest BCUT2D eigenvalue weighted by Crippen LogP contribution is -2.41. The Morgan fingerprint density at radius 2 is 1.88 bits per heavy atom. The van der Waals surface area contributed by atoms with E-state index in [9.17, 15) is 4.79 Å². The molecule has 0 bridgehead atoms. The maximum atomic E-state index is 11.9. The van der Waals surface area contributed by atoms with E-state index < -0.39 is 11.6 Å². The van der Waals surface area contributed by atoms with Crippen LogP contribution in [-0.4, -0.2) is 34.4 Å². The fourth-order valence-electron chi connectivity index (χ4n) is 3.19. The summed E-state index contributed by atoms with van der Waals surface area (Å²) in [5.41, 5.74) is 3.55. The highest BCUT2D eigenvalue weighted by molar-refractivity contribution is 6.32. The van der Waals surface area contributed by atoms with Crippen molar-refractivity contribution in [3.63, 3.8) is 0 Å². The van der Waals surface area contributed by atoms with Crippen LogP contribution in [0.25, 0.3) is 11.3 Å². The molecule has 3 N–H and O–H groups in total. The van der Waals surface area contributed by atoms with Gasteiger partial charge in [-0.1, -0.05) is 60.7 Å². The first-order valence-corrected chi connectivity index (χ1v) is 10.9. The summed E-state index contributed by atoms with van der Waals surface area (Å²) in [6.07, 6.45) is 3.17. The average Bonchev–Trinajstić information content (AvgIpc) is 2.80. The average molecular weight is 467 g/mol. The van der Waals surface area contributed by atoms with E-state index in [1.165, 1.54) is 6.08 Å². The Kier molecular flexibility index (Phi) is 8.03. The molecule has 1 aromatic heterocycles. The lowest BCUT2D eigenvalue weighted by molar-refractivity contribution is 0.147. The number of alkyl carbamates (subject to hydrolysis) is 1. The topological polar surface area (TPSA) is 96.4 Å². The minimum absolute atomic E-state index is 0.113. The van der Waals surface area contributed by atoms with Gasteiger partial charge in [-0.2, -0.15) is 0 Å². The summed E-state index contributed by atoms with van der Waals surface area (Å²) in [5, 5.41) is 15.5. The number of rotatable bonds is 9. The first-order valence-electron chi connectivity index (χ1n) is 10.5. The Labute approximate surface area is 198 Å². The van der Waals surface area contributed by atoms with Crippen molar-refractivity contribution < 1.29 is 14.6 Å². The third kappa shape index (κ3) is 6.54. The number of aliphatic hydroxyl groups is 1. The van der Waals surface area contributed by atoms with Gasteiger partial charge in [-0.3, -0.25) is 0 Å². The van der Waals surface area contributed by atoms with E-state index in [0.717, 1.165) is 22.4 Å². The molecule has 172 valence electrons. The molecule has 0 saturated carbocycles. The van der Waals surface area contributed by atoms with Crippen molar-refractivity contribution in [1.29, 1.82) is 0 Å². The number of carbonyl (C=O) groups excluding carboxylic acids is 1. The predicted molar refractivity (Wildman–Crippen MR) is 131 cm³/mol. The third-order valence-corrected chi connectivity index (χ3v) is 5.26. The van der Waals surface area contributed by atoms with Gasteiger partial charge < -0.3 is 20.5 Å². The lowest BCUT2D eigenvalue weighted by Gasteiger charge is -2.26. The Morgan fingerprint density at radius 3 is 2.52 bits per heavy atom. The van der Waals surface area contributed by atoms with E-state index >= 15 is 0 Å². The van der Waals surface area contributed by atoms with E-state index in [0.29, 0.717) is 23.1 Å². The number of benzene rings is 2. The molecule has 0 aliphatic rings. The number of aromatic nitrogens is 2. The summed E-state index contributed by atoms with van der Waals surface area (Å²) < 4.78 is 5.02. The van der Waals surface area contributed by atoms with Crippen LogP contribution in [0.4, 0.5) is 16.4 Å². The number of nitrogens with zero attached hydrogens (tertiary/aromatic N) is 2. The Morgan fingerprint density at radius 1 is 1.18 bits per heavy atom. The van der Waals surface area contributed by atoms with Crippen LogP contribution >= 0.6 is 11.6 Å². The summed E-state index contributed by atoms with van der Waals surface area (Å²) in [5.74, 6) is 0.417. The molecule has 8 heteroatoms. The van der Waals surface area contributed by atoms with Crippen LogP contribution in [0.2, 0.25) is 5.02 Å². The Balaban J connectivity index is 1.76. The molecule has 0 unspecified atom stereocenters. The second kappa shape index (κ2) is 10.9. The normalized spacial score (nSPS) is 11.0. The highest BCUT2D eigenvalue weighted by Crippen LogP contribution is 2.29. The zero-order chi connectivity index (χ0) is 23.8. The van der Waals surface area contributed by atoms with Crippen molar-refractivity contribution >= 4 is 29.3 Å². The number of halogens is 1. The Hall–Kier alpha value is -3.42. The van der Waals surface area contributed by atoms with Gasteiger partial charge in [0.1, 0.15) is 6.61 Å². The monoisotopic (exact) mass is 466 g/mol. The van der Waals surface area contributed by atoms with Crippen molar-refractivity contribution in [2.24, 2.45) is 0 Å². The SMILES string of the molecule is C=CCOC(=O)NC(C)(C)c1ccc(-c2nc(Nc3ccc(CCO)cc3)ncc2Cl)cc1. The summed E-state index contributed by atoms with van der Waals surface area (Å²) in [4.78, 5) is 20.8. The number of nitrogens with one attached hydrogen (secondary N) is 2. The largest absolute Gasteiger partial charge is 0.445 e. The zero-order valence-electron chi connectivity index (χ0n) is 18.6. The van der Waals surface area contributed by atoms with Gasteiger partial charge in [0.15, 0.2) is 0 Å². The molecule has 0 spiro atoms. The molecule has 0 aliphatic heterocycles. The number of carbonyl (C=O) groups is 1. The number of anilines is 2. The zero-order valence-corrected chi connectivity index (χ0v) is 19.4. The van der Waals surface area contributed by atoms with Gasteiger partial charge in [0, 0.05) is 17.9 Å². The third-order valence-electron chi connectivity index (χ3n) is 4.98. The molecule has 0 saturated heterocycles. The molecule has 33 heavy (non-hydrogen) atoms.